The van der Waals surface area contributed by atoms with Crippen LogP contribution >= 0.6 is 0 Å². The van der Waals surface area contributed by atoms with Crippen LogP contribution in [-0.2, 0) is 6.42 Å². The van der Waals surface area contributed by atoms with Crippen molar-refractivity contribution in [2.45, 2.75) is 26.2 Å². The fourth-order valence-corrected chi connectivity index (χ4v) is 3.06. The topological polar surface area (TPSA) is 29.8 Å². The third-order valence-corrected chi connectivity index (χ3v) is 4.44. The van der Waals surface area contributed by atoms with Crippen molar-refractivity contribution in [2.75, 3.05) is 26.7 Å². The minimum atomic E-state index is 0.759. The molecule has 3 rings (SSSR count). The number of likely N-dealkylation sites (tertiary alicyclic amines) is 1. The molecule has 0 radical (unpaired) electrons. The first-order valence-electron chi connectivity index (χ1n) is 7.52. The zero-order valence-corrected chi connectivity index (χ0v) is 12.4. The highest BCUT2D eigenvalue weighted by Gasteiger charge is 2.20. The molecule has 2 aromatic heterocycles. The lowest BCUT2D eigenvalue weighted by molar-refractivity contribution is 0.191. The summed E-state index contributed by atoms with van der Waals surface area (Å²) in [5, 5.41) is 0. The molecule has 0 unspecified atom stereocenters. The van der Waals surface area contributed by atoms with Gasteiger partial charge in [-0.25, -0.2) is 4.98 Å². The van der Waals surface area contributed by atoms with E-state index >= 15 is 0 Å². The van der Waals surface area contributed by atoms with E-state index in [0.29, 0.717) is 0 Å². The van der Waals surface area contributed by atoms with E-state index in [1.54, 1.807) is 7.11 Å². The maximum absolute atomic E-state index is 5.31. The molecule has 108 valence electrons. The molecule has 1 aliphatic heterocycles. The molecule has 0 N–H and O–H groups in total. The maximum atomic E-state index is 5.31. The smallest absolute Gasteiger partial charge is 0.135 e. The van der Waals surface area contributed by atoms with E-state index < -0.39 is 0 Å². The van der Waals surface area contributed by atoms with Crippen molar-refractivity contribution in [3.63, 3.8) is 0 Å². The van der Waals surface area contributed by atoms with Gasteiger partial charge in [0.15, 0.2) is 0 Å². The Bertz CT molecular complexity index is 570. The summed E-state index contributed by atoms with van der Waals surface area (Å²) in [6, 6.07) is 4.05. The number of hydrogen-bond acceptors (Lipinski definition) is 3. The van der Waals surface area contributed by atoms with Gasteiger partial charge in [-0.3, -0.25) is 0 Å². The van der Waals surface area contributed by atoms with Gasteiger partial charge in [-0.2, -0.15) is 0 Å². The SMILES string of the molecule is CCN1CCC(Cc2ncc3ccc(OC)cn23)CC1. The first-order valence-corrected chi connectivity index (χ1v) is 7.52. The van der Waals surface area contributed by atoms with Crippen LogP contribution in [0.2, 0.25) is 0 Å². The monoisotopic (exact) mass is 273 g/mol. The number of hydrogen-bond donors (Lipinski definition) is 0. The number of rotatable bonds is 4. The van der Waals surface area contributed by atoms with E-state index in [9.17, 15) is 0 Å². The van der Waals surface area contributed by atoms with Gasteiger partial charge < -0.3 is 14.0 Å². The Balaban J connectivity index is 1.74. The van der Waals surface area contributed by atoms with E-state index in [1.807, 2.05) is 18.5 Å². The van der Waals surface area contributed by atoms with Crippen LogP contribution in [0.15, 0.2) is 24.5 Å². The molecule has 0 atom stereocenters. The van der Waals surface area contributed by atoms with Gasteiger partial charge in [0.2, 0.25) is 0 Å². The highest BCUT2D eigenvalue weighted by molar-refractivity contribution is 5.48. The molecule has 0 spiro atoms. The average Bonchev–Trinajstić information content (AvgIpc) is 2.90. The molecule has 0 saturated carbocycles. The van der Waals surface area contributed by atoms with E-state index in [0.717, 1.165) is 29.4 Å². The number of ether oxygens (including phenoxy) is 1. The first-order chi connectivity index (χ1) is 9.80. The van der Waals surface area contributed by atoms with Crippen molar-refractivity contribution in [3.05, 3.63) is 30.4 Å². The van der Waals surface area contributed by atoms with Gasteiger partial charge in [0.05, 0.1) is 25.0 Å². The number of aromatic nitrogens is 2. The minimum Gasteiger partial charge on any atom is -0.495 e. The molecule has 20 heavy (non-hydrogen) atoms. The van der Waals surface area contributed by atoms with Crippen molar-refractivity contribution in [3.8, 4) is 5.75 Å². The number of piperidine rings is 1. The van der Waals surface area contributed by atoms with Crippen LogP contribution in [0.1, 0.15) is 25.6 Å². The maximum Gasteiger partial charge on any atom is 0.135 e. The zero-order chi connectivity index (χ0) is 13.9. The Kier molecular flexibility index (Phi) is 3.92. The summed E-state index contributed by atoms with van der Waals surface area (Å²) in [6.07, 6.45) is 7.63. The molecule has 1 saturated heterocycles. The zero-order valence-electron chi connectivity index (χ0n) is 12.4. The summed E-state index contributed by atoms with van der Waals surface area (Å²) in [5.41, 5.74) is 1.15. The number of imidazole rings is 1. The van der Waals surface area contributed by atoms with Gasteiger partial charge in [-0.1, -0.05) is 6.92 Å². The average molecular weight is 273 g/mol. The van der Waals surface area contributed by atoms with Crippen LogP contribution in [0.25, 0.3) is 5.52 Å². The Labute approximate surface area is 120 Å². The summed E-state index contributed by atoms with van der Waals surface area (Å²) in [6.45, 7) is 5.88. The van der Waals surface area contributed by atoms with Crippen LogP contribution < -0.4 is 4.74 Å². The van der Waals surface area contributed by atoms with Crippen LogP contribution in [-0.4, -0.2) is 41.0 Å². The van der Waals surface area contributed by atoms with E-state index in [1.165, 1.54) is 32.5 Å². The third-order valence-electron chi connectivity index (χ3n) is 4.44. The van der Waals surface area contributed by atoms with Crippen molar-refractivity contribution in [2.24, 2.45) is 5.92 Å². The largest absolute Gasteiger partial charge is 0.495 e. The predicted molar refractivity (Wildman–Crippen MR) is 80.3 cm³/mol. The molecule has 1 fully saturated rings. The van der Waals surface area contributed by atoms with E-state index in [2.05, 4.69) is 27.3 Å². The molecule has 3 heterocycles. The van der Waals surface area contributed by atoms with Crippen molar-refractivity contribution in [1.29, 1.82) is 0 Å². The van der Waals surface area contributed by atoms with Crippen molar-refractivity contribution >= 4 is 5.52 Å². The molecule has 0 aliphatic carbocycles. The molecule has 2 aromatic rings. The Morgan fingerprint density at radius 2 is 2.10 bits per heavy atom. The van der Waals surface area contributed by atoms with Gasteiger partial charge in [0, 0.05) is 6.42 Å². The molecule has 0 amide bonds. The van der Waals surface area contributed by atoms with Crippen molar-refractivity contribution < 1.29 is 4.74 Å². The molecule has 4 heteroatoms. The quantitative estimate of drug-likeness (QED) is 0.857. The molecule has 4 nitrogen and oxygen atoms in total. The van der Waals surface area contributed by atoms with Gasteiger partial charge in [0.25, 0.3) is 0 Å². The first kappa shape index (κ1) is 13.4. The lowest BCUT2D eigenvalue weighted by Crippen LogP contribution is -2.34. The van der Waals surface area contributed by atoms with Crippen LogP contribution in [0.5, 0.6) is 5.75 Å². The highest BCUT2D eigenvalue weighted by Crippen LogP contribution is 2.22. The minimum absolute atomic E-state index is 0.759. The van der Waals surface area contributed by atoms with Gasteiger partial charge in [-0.15, -0.1) is 0 Å². The highest BCUT2D eigenvalue weighted by atomic mass is 16.5. The third kappa shape index (κ3) is 2.66. The summed E-state index contributed by atoms with van der Waals surface area (Å²) >= 11 is 0. The van der Waals surface area contributed by atoms with Crippen LogP contribution in [0.3, 0.4) is 0 Å². The van der Waals surface area contributed by atoms with E-state index in [-0.39, 0.29) is 0 Å². The lowest BCUT2D eigenvalue weighted by atomic mass is 9.93. The molecule has 0 bridgehead atoms. The second kappa shape index (κ2) is 5.83. The fourth-order valence-electron chi connectivity index (χ4n) is 3.06. The fraction of sp³-hybridized carbons (Fsp3) is 0.562. The Morgan fingerprint density at radius 1 is 1.30 bits per heavy atom. The molecular weight excluding hydrogens is 250 g/mol. The van der Waals surface area contributed by atoms with Gasteiger partial charge in [0.1, 0.15) is 11.6 Å². The second-order valence-electron chi connectivity index (χ2n) is 5.62. The summed E-state index contributed by atoms with van der Waals surface area (Å²) in [7, 11) is 1.71. The second-order valence-corrected chi connectivity index (χ2v) is 5.62. The number of fused-ring (bicyclic) bond motifs is 1. The number of pyridine rings is 1. The Hall–Kier alpha value is -1.55. The predicted octanol–water partition coefficient (Wildman–Crippen LogP) is 2.62. The standard InChI is InChI=1S/C16H23N3O/c1-3-18-8-6-13(7-9-18)10-16-17-11-14-4-5-15(20-2)12-19(14)16/h4-5,11-13H,3,6-10H2,1-2H3. The van der Waals surface area contributed by atoms with Gasteiger partial charge in [-0.05, 0) is 50.5 Å². The van der Waals surface area contributed by atoms with E-state index in [4.69, 9.17) is 4.74 Å². The van der Waals surface area contributed by atoms with Crippen LogP contribution in [0, 0.1) is 5.92 Å². The lowest BCUT2D eigenvalue weighted by Gasteiger charge is -2.30. The van der Waals surface area contributed by atoms with Crippen LogP contribution in [0.4, 0.5) is 0 Å². The van der Waals surface area contributed by atoms with Gasteiger partial charge >= 0.3 is 0 Å². The van der Waals surface area contributed by atoms with Crippen molar-refractivity contribution in [1.82, 2.24) is 14.3 Å². The summed E-state index contributed by atoms with van der Waals surface area (Å²) in [4.78, 5) is 7.13. The molecular formula is C16H23N3O. The normalized spacial score (nSPS) is 17.7. The number of methoxy groups -OCH3 is 1. The molecule has 0 aromatic carbocycles. The Morgan fingerprint density at radius 3 is 2.80 bits per heavy atom. The molecule has 1 aliphatic rings. The number of nitrogens with zero attached hydrogens (tertiary/aromatic N) is 3. The summed E-state index contributed by atoms with van der Waals surface area (Å²) < 4.78 is 7.48. The summed E-state index contributed by atoms with van der Waals surface area (Å²) in [5.74, 6) is 2.81.